The van der Waals surface area contributed by atoms with E-state index in [4.69, 9.17) is 10.5 Å². The molecule has 0 bridgehead atoms. The monoisotopic (exact) mass is 312 g/mol. The molecule has 0 atom stereocenters. The molecule has 0 fully saturated rings. The third-order valence-corrected chi connectivity index (χ3v) is 3.84. The Morgan fingerprint density at radius 3 is 2.43 bits per heavy atom. The molecule has 2 rings (SSSR count). The van der Waals surface area contributed by atoms with Gasteiger partial charge in [-0.15, -0.1) is 0 Å². The van der Waals surface area contributed by atoms with Crippen LogP contribution >= 0.6 is 0 Å². The maximum Gasteiger partial charge on any atom is 0.196 e. The van der Waals surface area contributed by atoms with Gasteiger partial charge in [0.1, 0.15) is 12.4 Å². The summed E-state index contributed by atoms with van der Waals surface area (Å²) in [4.78, 5) is 15.0. The fraction of sp³-hybridized carbons (Fsp3) is 0.316. The van der Waals surface area contributed by atoms with Gasteiger partial charge in [-0.05, 0) is 31.3 Å². The van der Waals surface area contributed by atoms with E-state index in [0.29, 0.717) is 29.2 Å². The van der Waals surface area contributed by atoms with Crippen molar-refractivity contribution in [2.24, 2.45) is 0 Å². The summed E-state index contributed by atoms with van der Waals surface area (Å²) in [5, 5.41) is 0. The number of hydrogen-bond acceptors (Lipinski definition) is 4. The number of hydrogen-bond donors (Lipinski definition) is 1. The molecule has 0 saturated carbocycles. The van der Waals surface area contributed by atoms with Gasteiger partial charge in [-0.3, -0.25) is 4.79 Å². The average Bonchev–Trinajstić information content (AvgIpc) is 2.60. The van der Waals surface area contributed by atoms with Gasteiger partial charge in [0, 0.05) is 17.8 Å². The van der Waals surface area contributed by atoms with E-state index in [0.717, 1.165) is 19.6 Å². The van der Waals surface area contributed by atoms with E-state index in [-0.39, 0.29) is 5.78 Å². The average molecular weight is 312 g/mol. The van der Waals surface area contributed by atoms with E-state index in [2.05, 4.69) is 18.7 Å². The number of anilines is 1. The Hall–Kier alpha value is -2.33. The van der Waals surface area contributed by atoms with Crippen LogP contribution in [0.2, 0.25) is 0 Å². The quantitative estimate of drug-likeness (QED) is 0.600. The number of likely N-dealkylation sites (N-methyl/N-ethyl adjacent to an activating group) is 1. The number of carbonyl (C=O) groups is 1. The minimum absolute atomic E-state index is 0.0734. The Kier molecular flexibility index (Phi) is 6.18. The van der Waals surface area contributed by atoms with Gasteiger partial charge in [-0.25, -0.2) is 0 Å². The highest BCUT2D eigenvalue weighted by Gasteiger charge is 2.15. The molecule has 0 aliphatic carbocycles. The fourth-order valence-corrected chi connectivity index (χ4v) is 2.42. The maximum atomic E-state index is 12.7. The van der Waals surface area contributed by atoms with Crippen LogP contribution in [0.5, 0.6) is 5.75 Å². The second kappa shape index (κ2) is 8.34. The highest BCUT2D eigenvalue weighted by molar-refractivity contribution is 6.11. The smallest absolute Gasteiger partial charge is 0.196 e. The van der Waals surface area contributed by atoms with E-state index in [9.17, 15) is 4.79 Å². The summed E-state index contributed by atoms with van der Waals surface area (Å²) in [5.41, 5.74) is 7.54. The first kappa shape index (κ1) is 17.0. The van der Waals surface area contributed by atoms with Crippen LogP contribution < -0.4 is 10.5 Å². The summed E-state index contributed by atoms with van der Waals surface area (Å²) in [6.45, 7) is 7.58. The lowest BCUT2D eigenvalue weighted by Gasteiger charge is -2.19. The van der Waals surface area contributed by atoms with Crippen molar-refractivity contribution in [3.05, 3.63) is 59.7 Å². The summed E-state index contributed by atoms with van der Waals surface area (Å²) in [7, 11) is 0. The zero-order valence-corrected chi connectivity index (χ0v) is 13.8. The van der Waals surface area contributed by atoms with Crippen molar-refractivity contribution in [2.75, 3.05) is 32.0 Å². The largest absolute Gasteiger partial charge is 0.491 e. The minimum Gasteiger partial charge on any atom is -0.491 e. The van der Waals surface area contributed by atoms with E-state index in [1.54, 1.807) is 30.3 Å². The Balaban J connectivity index is 2.16. The van der Waals surface area contributed by atoms with Crippen LogP contribution in [0.1, 0.15) is 29.8 Å². The first-order chi connectivity index (χ1) is 11.2. The molecule has 4 nitrogen and oxygen atoms in total. The third kappa shape index (κ3) is 4.57. The number of nitrogen functional groups attached to an aromatic ring is 1. The SMILES string of the molecule is CCN(CC)CCOc1ccc(N)cc1C(=O)c1ccccc1. The van der Waals surface area contributed by atoms with Gasteiger partial charge < -0.3 is 15.4 Å². The lowest BCUT2D eigenvalue weighted by atomic mass is 10.0. The molecule has 2 aromatic rings. The van der Waals surface area contributed by atoms with Crippen LogP contribution in [0.4, 0.5) is 5.69 Å². The van der Waals surface area contributed by atoms with Crippen LogP contribution in [0, 0.1) is 0 Å². The van der Waals surface area contributed by atoms with Gasteiger partial charge in [0.2, 0.25) is 0 Å². The second-order valence-corrected chi connectivity index (χ2v) is 5.33. The predicted octanol–water partition coefficient (Wildman–Crippen LogP) is 3.22. The molecule has 0 radical (unpaired) electrons. The van der Waals surface area contributed by atoms with Crippen molar-refractivity contribution in [1.82, 2.24) is 4.90 Å². The van der Waals surface area contributed by atoms with Crippen LogP contribution in [0.25, 0.3) is 0 Å². The molecule has 0 unspecified atom stereocenters. The standard InChI is InChI=1S/C19H24N2O2/c1-3-21(4-2)12-13-23-18-11-10-16(20)14-17(18)19(22)15-8-6-5-7-9-15/h5-11,14H,3-4,12-13,20H2,1-2H3. The number of ketones is 1. The second-order valence-electron chi connectivity index (χ2n) is 5.33. The van der Waals surface area contributed by atoms with E-state index >= 15 is 0 Å². The van der Waals surface area contributed by atoms with Gasteiger partial charge in [0.25, 0.3) is 0 Å². The molecular weight excluding hydrogens is 288 g/mol. The Bertz CT molecular complexity index is 637. The number of rotatable bonds is 8. The van der Waals surface area contributed by atoms with Gasteiger partial charge >= 0.3 is 0 Å². The predicted molar refractivity (Wildman–Crippen MR) is 94.0 cm³/mol. The molecule has 0 aliphatic heterocycles. The van der Waals surface area contributed by atoms with E-state index < -0.39 is 0 Å². The lowest BCUT2D eigenvalue weighted by molar-refractivity contribution is 0.103. The third-order valence-electron chi connectivity index (χ3n) is 3.84. The molecule has 122 valence electrons. The molecule has 0 aromatic heterocycles. The van der Waals surface area contributed by atoms with E-state index in [1.165, 1.54) is 0 Å². The maximum absolute atomic E-state index is 12.7. The molecule has 0 aliphatic rings. The molecule has 0 saturated heterocycles. The highest BCUT2D eigenvalue weighted by atomic mass is 16.5. The summed E-state index contributed by atoms with van der Waals surface area (Å²) in [5.74, 6) is 0.510. The summed E-state index contributed by atoms with van der Waals surface area (Å²) in [6, 6.07) is 14.4. The van der Waals surface area contributed by atoms with Crippen molar-refractivity contribution in [1.29, 1.82) is 0 Å². The van der Waals surface area contributed by atoms with Gasteiger partial charge in [-0.2, -0.15) is 0 Å². The highest BCUT2D eigenvalue weighted by Crippen LogP contribution is 2.24. The number of benzene rings is 2. The van der Waals surface area contributed by atoms with Gasteiger partial charge in [0.15, 0.2) is 5.78 Å². The number of nitrogens with two attached hydrogens (primary N) is 1. The summed E-state index contributed by atoms with van der Waals surface area (Å²) >= 11 is 0. The van der Waals surface area contributed by atoms with Crippen LogP contribution in [-0.2, 0) is 0 Å². The molecule has 0 amide bonds. The summed E-state index contributed by atoms with van der Waals surface area (Å²) < 4.78 is 5.85. The van der Waals surface area contributed by atoms with Crippen molar-refractivity contribution in [2.45, 2.75) is 13.8 Å². The minimum atomic E-state index is -0.0734. The molecule has 0 spiro atoms. The zero-order chi connectivity index (χ0) is 16.7. The molecular formula is C19H24N2O2. The Labute approximate surface area is 137 Å². The van der Waals surface area contributed by atoms with Gasteiger partial charge in [-0.1, -0.05) is 44.2 Å². The lowest BCUT2D eigenvalue weighted by Crippen LogP contribution is -2.28. The fourth-order valence-electron chi connectivity index (χ4n) is 2.42. The van der Waals surface area contributed by atoms with Crippen molar-refractivity contribution in [3.63, 3.8) is 0 Å². The number of ether oxygens (including phenoxy) is 1. The molecule has 23 heavy (non-hydrogen) atoms. The number of nitrogens with zero attached hydrogens (tertiary/aromatic N) is 1. The Morgan fingerprint density at radius 1 is 1.09 bits per heavy atom. The zero-order valence-electron chi connectivity index (χ0n) is 13.8. The molecule has 4 heteroatoms. The molecule has 0 heterocycles. The Morgan fingerprint density at radius 2 is 1.78 bits per heavy atom. The van der Waals surface area contributed by atoms with Crippen LogP contribution in [0.3, 0.4) is 0 Å². The van der Waals surface area contributed by atoms with Crippen LogP contribution in [-0.4, -0.2) is 36.9 Å². The summed E-state index contributed by atoms with van der Waals surface area (Å²) in [6.07, 6.45) is 0. The van der Waals surface area contributed by atoms with Crippen molar-refractivity contribution in [3.8, 4) is 5.75 Å². The first-order valence-corrected chi connectivity index (χ1v) is 8.00. The van der Waals surface area contributed by atoms with Crippen molar-refractivity contribution >= 4 is 11.5 Å². The van der Waals surface area contributed by atoms with Gasteiger partial charge in [0.05, 0.1) is 5.56 Å². The number of carbonyl (C=O) groups excluding carboxylic acids is 1. The topological polar surface area (TPSA) is 55.6 Å². The van der Waals surface area contributed by atoms with Crippen LogP contribution in [0.15, 0.2) is 48.5 Å². The molecule has 2 N–H and O–H groups in total. The van der Waals surface area contributed by atoms with Crippen molar-refractivity contribution < 1.29 is 9.53 Å². The van der Waals surface area contributed by atoms with E-state index in [1.807, 2.05) is 18.2 Å². The normalized spacial score (nSPS) is 10.7. The molecule has 2 aromatic carbocycles. The first-order valence-electron chi connectivity index (χ1n) is 8.00.